The number of thiophene rings is 1. The summed E-state index contributed by atoms with van der Waals surface area (Å²) in [7, 11) is 0. The van der Waals surface area contributed by atoms with Gasteiger partial charge in [-0.1, -0.05) is 6.92 Å². The van der Waals surface area contributed by atoms with E-state index in [1.54, 1.807) is 19.1 Å². The van der Waals surface area contributed by atoms with Crippen LogP contribution in [0.4, 0.5) is 4.79 Å². The summed E-state index contributed by atoms with van der Waals surface area (Å²) in [5, 5.41) is 2.62. The van der Waals surface area contributed by atoms with Crippen molar-refractivity contribution in [1.29, 1.82) is 0 Å². The monoisotopic (exact) mass is 344 g/mol. The first-order valence-corrected chi connectivity index (χ1v) is 7.41. The van der Waals surface area contributed by atoms with Crippen LogP contribution in [-0.2, 0) is 4.79 Å². The number of rotatable bonds is 4. The first-order chi connectivity index (χ1) is 8.87. The number of carbonyl (C=O) groups is 3. The van der Waals surface area contributed by atoms with Gasteiger partial charge in [-0.2, -0.15) is 0 Å². The molecular weight excluding hydrogens is 332 g/mol. The fraction of sp³-hybridized carbons (Fsp3) is 0.417. The second kappa shape index (κ2) is 5.05. The van der Waals surface area contributed by atoms with E-state index in [9.17, 15) is 14.4 Å². The molecule has 1 atom stereocenters. The Morgan fingerprint density at radius 3 is 2.63 bits per heavy atom. The standard InChI is InChI=1S/C12H13BrN2O3S/c1-3-12(2)10(17)15(11(18)14-12)6-7(16)8-4-5-9(13)19-8/h4-5H,3,6H2,1-2H3,(H,14,18)/t12-/m0/s1. The highest BCUT2D eigenvalue weighted by molar-refractivity contribution is 9.11. The summed E-state index contributed by atoms with van der Waals surface area (Å²) in [5.41, 5.74) is -0.895. The third kappa shape index (κ3) is 2.57. The van der Waals surface area contributed by atoms with Crippen molar-refractivity contribution in [3.63, 3.8) is 0 Å². The topological polar surface area (TPSA) is 66.5 Å². The molecule has 0 radical (unpaired) electrons. The highest BCUT2D eigenvalue weighted by atomic mass is 79.9. The van der Waals surface area contributed by atoms with Gasteiger partial charge >= 0.3 is 6.03 Å². The SMILES string of the molecule is CC[C@]1(C)NC(=O)N(CC(=O)c2ccc(Br)s2)C1=O. The average molecular weight is 345 g/mol. The first-order valence-electron chi connectivity index (χ1n) is 5.80. The zero-order valence-corrected chi connectivity index (χ0v) is 12.9. The Bertz CT molecular complexity index is 557. The molecule has 0 unspecified atom stereocenters. The molecule has 1 aliphatic heterocycles. The zero-order valence-electron chi connectivity index (χ0n) is 10.5. The van der Waals surface area contributed by atoms with Gasteiger partial charge in [-0.15, -0.1) is 11.3 Å². The molecule has 0 bridgehead atoms. The quantitative estimate of drug-likeness (QED) is 0.673. The number of ketones is 1. The molecular formula is C12H13BrN2O3S. The van der Waals surface area contributed by atoms with Crippen molar-refractivity contribution < 1.29 is 14.4 Å². The molecule has 1 aromatic rings. The van der Waals surface area contributed by atoms with Gasteiger partial charge < -0.3 is 5.32 Å². The molecule has 3 amide bonds. The predicted octanol–water partition coefficient (Wildman–Crippen LogP) is 2.41. The fourth-order valence-electron chi connectivity index (χ4n) is 1.82. The lowest BCUT2D eigenvalue weighted by molar-refractivity contribution is -0.130. The van der Waals surface area contributed by atoms with E-state index >= 15 is 0 Å². The summed E-state index contributed by atoms with van der Waals surface area (Å²) >= 11 is 4.56. The van der Waals surface area contributed by atoms with Gasteiger partial charge in [-0.25, -0.2) is 4.79 Å². The summed E-state index contributed by atoms with van der Waals surface area (Å²) in [4.78, 5) is 37.4. The maximum absolute atomic E-state index is 12.1. The Labute approximate surface area is 123 Å². The van der Waals surface area contributed by atoms with E-state index in [0.29, 0.717) is 11.3 Å². The van der Waals surface area contributed by atoms with E-state index < -0.39 is 11.6 Å². The predicted molar refractivity (Wildman–Crippen MR) is 75.3 cm³/mol. The molecule has 0 aromatic carbocycles. The minimum atomic E-state index is -0.895. The van der Waals surface area contributed by atoms with Crippen LogP contribution in [-0.4, -0.2) is 34.7 Å². The van der Waals surface area contributed by atoms with Crippen LogP contribution in [0.3, 0.4) is 0 Å². The van der Waals surface area contributed by atoms with Crippen molar-refractivity contribution >= 4 is 45.0 Å². The maximum atomic E-state index is 12.1. The third-order valence-electron chi connectivity index (χ3n) is 3.20. The van der Waals surface area contributed by atoms with E-state index in [-0.39, 0.29) is 18.2 Å². The largest absolute Gasteiger partial charge is 0.325 e. The van der Waals surface area contributed by atoms with Crippen LogP contribution in [0.25, 0.3) is 0 Å². The fourth-order valence-corrected chi connectivity index (χ4v) is 3.13. The van der Waals surface area contributed by atoms with Crippen molar-refractivity contribution in [2.24, 2.45) is 0 Å². The Morgan fingerprint density at radius 1 is 1.47 bits per heavy atom. The second-order valence-corrected chi connectivity index (χ2v) is 7.00. The van der Waals surface area contributed by atoms with Crippen molar-refractivity contribution in [2.75, 3.05) is 6.54 Å². The molecule has 2 rings (SSSR count). The molecule has 0 aliphatic carbocycles. The van der Waals surface area contributed by atoms with Crippen LogP contribution < -0.4 is 5.32 Å². The molecule has 1 aliphatic rings. The van der Waals surface area contributed by atoms with Gasteiger partial charge in [0, 0.05) is 0 Å². The Balaban J connectivity index is 2.14. The average Bonchev–Trinajstić information content (AvgIpc) is 2.88. The summed E-state index contributed by atoms with van der Waals surface area (Å²) in [6.07, 6.45) is 0.493. The van der Waals surface area contributed by atoms with Gasteiger partial charge in [-0.05, 0) is 41.4 Å². The highest BCUT2D eigenvalue weighted by Crippen LogP contribution is 2.24. The van der Waals surface area contributed by atoms with Crippen LogP contribution in [0.15, 0.2) is 15.9 Å². The van der Waals surface area contributed by atoms with E-state index in [0.717, 1.165) is 8.69 Å². The lowest BCUT2D eigenvalue weighted by Gasteiger charge is -2.18. The van der Waals surface area contributed by atoms with Gasteiger partial charge in [0.15, 0.2) is 5.78 Å². The Kier molecular flexibility index (Phi) is 3.78. The second-order valence-electron chi connectivity index (χ2n) is 4.53. The smallest absolute Gasteiger partial charge is 0.323 e. The number of hydrogen-bond donors (Lipinski definition) is 1. The van der Waals surface area contributed by atoms with Crippen molar-refractivity contribution in [2.45, 2.75) is 25.8 Å². The molecule has 2 heterocycles. The minimum Gasteiger partial charge on any atom is -0.323 e. The summed E-state index contributed by atoms with van der Waals surface area (Å²) in [5.74, 6) is -0.580. The lowest BCUT2D eigenvalue weighted by Crippen LogP contribution is -2.43. The van der Waals surface area contributed by atoms with Crippen LogP contribution in [0.2, 0.25) is 0 Å². The molecule has 1 fully saturated rings. The van der Waals surface area contributed by atoms with Crippen LogP contribution in [0.1, 0.15) is 29.9 Å². The molecule has 1 N–H and O–H groups in total. The highest BCUT2D eigenvalue weighted by Gasteiger charge is 2.47. The van der Waals surface area contributed by atoms with Gasteiger partial charge in [0.2, 0.25) is 0 Å². The van der Waals surface area contributed by atoms with E-state index in [1.807, 2.05) is 6.92 Å². The van der Waals surface area contributed by atoms with E-state index in [4.69, 9.17) is 0 Å². The zero-order chi connectivity index (χ0) is 14.2. The third-order valence-corrected chi connectivity index (χ3v) is 4.87. The molecule has 1 saturated heterocycles. The van der Waals surface area contributed by atoms with E-state index in [2.05, 4.69) is 21.2 Å². The Hall–Kier alpha value is -1.21. The number of imide groups is 1. The number of carbonyl (C=O) groups excluding carboxylic acids is 3. The number of Topliss-reactive ketones (excluding diaryl/α,β-unsaturated/α-hetero) is 1. The number of hydrogen-bond acceptors (Lipinski definition) is 4. The molecule has 7 heteroatoms. The first kappa shape index (κ1) is 14.2. The van der Waals surface area contributed by atoms with Crippen LogP contribution in [0, 0.1) is 0 Å². The van der Waals surface area contributed by atoms with Crippen molar-refractivity contribution in [1.82, 2.24) is 10.2 Å². The van der Waals surface area contributed by atoms with Gasteiger partial charge in [0.1, 0.15) is 5.54 Å². The van der Waals surface area contributed by atoms with Crippen molar-refractivity contribution in [3.8, 4) is 0 Å². The number of amides is 3. The van der Waals surface area contributed by atoms with Crippen LogP contribution in [0.5, 0.6) is 0 Å². The van der Waals surface area contributed by atoms with Gasteiger partial charge in [0.25, 0.3) is 5.91 Å². The normalized spacial score (nSPS) is 22.8. The Morgan fingerprint density at radius 2 is 2.16 bits per heavy atom. The lowest BCUT2D eigenvalue weighted by atomic mass is 9.99. The molecule has 0 spiro atoms. The van der Waals surface area contributed by atoms with Crippen LogP contribution >= 0.6 is 27.3 Å². The molecule has 5 nitrogen and oxygen atoms in total. The maximum Gasteiger partial charge on any atom is 0.325 e. The summed E-state index contributed by atoms with van der Waals surface area (Å²) in [6, 6.07) is 2.94. The molecule has 102 valence electrons. The number of nitrogens with one attached hydrogen (secondary N) is 1. The van der Waals surface area contributed by atoms with Crippen molar-refractivity contribution in [3.05, 3.63) is 20.8 Å². The molecule has 0 saturated carbocycles. The van der Waals surface area contributed by atoms with E-state index in [1.165, 1.54) is 11.3 Å². The summed E-state index contributed by atoms with van der Waals surface area (Å²) in [6.45, 7) is 3.27. The number of urea groups is 1. The minimum absolute atomic E-state index is 0.215. The summed E-state index contributed by atoms with van der Waals surface area (Å²) < 4.78 is 0.839. The molecule has 19 heavy (non-hydrogen) atoms. The number of halogens is 1. The molecule has 1 aromatic heterocycles. The van der Waals surface area contributed by atoms with Gasteiger partial charge in [0.05, 0.1) is 15.2 Å². The number of nitrogens with zero attached hydrogens (tertiary/aromatic N) is 1. The van der Waals surface area contributed by atoms with Gasteiger partial charge in [-0.3, -0.25) is 14.5 Å².